The molecule has 1 unspecified atom stereocenters. The van der Waals surface area contributed by atoms with Gasteiger partial charge in [-0.15, -0.1) is 0 Å². The van der Waals surface area contributed by atoms with Gasteiger partial charge in [-0.3, -0.25) is 10.1 Å². The second kappa shape index (κ2) is 5.72. The summed E-state index contributed by atoms with van der Waals surface area (Å²) in [6.45, 7) is 3.25. The minimum Gasteiger partial charge on any atom is -0.468 e. The second-order valence-corrected chi connectivity index (χ2v) is 3.78. The first-order valence-corrected chi connectivity index (χ1v) is 5.25. The molecule has 0 saturated carbocycles. The lowest BCUT2D eigenvalue weighted by atomic mass is 10.1. The van der Waals surface area contributed by atoms with Crippen LogP contribution in [0.3, 0.4) is 0 Å². The summed E-state index contributed by atoms with van der Waals surface area (Å²) in [6, 6.07) is 2.88. The molecular weight excluding hydrogens is 228 g/mol. The Morgan fingerprint density at radius 1 is 1.35 bits per heavy atom. The molecule has 0 spiro atoms. The highest BCUT2D eigenvalue weighted by atomic mass is 19.2. The van der Waals surface area contributed by atoms with Gasteiger partial charge in [0.05, 0.1) is 7.11 Å². The third-order valence-electron chi connectivity index (χ3n) is 2.50. The molecule has 0 fully saturated rings. The quantitative estimate of drug-likeness (QED) is 0.824. The Balaban J connectivity index is 2.80. The number of carbonyl (C=O) groups excluding carboxylic acids is 1. The van der Waals surface area contributed by atoms with E-state index in [-0.39, 0.29) is 5.56 Å². The molecule has 5 heteroatoms. The fraction of sp³-hybridized carbons (Fsp3) is 0.417. The first kappa shape index (κ1) is 13.6. The summed E-state index contributed by atoms with van der Waals surface area (Å²) < 4.78 is 31.0. The van der Waals surface area contributed by atoms with Crippen molar-refractivity contribution in [3.63, 3.8) is 0 Å². The summed E-state index contributed by atoms with van der Waals surface area (Å²) in [5, 5.41) is 2.83. The fourth-order valence-corrected chi connectivity index (χ4v) is 1.56. The standard InChI is InChI=1S/C12H15F2NO2/c1-7(15-8(2)12(16)17-3)9-5-4-6-10(13)11(9)14/h4-8,15H,1-3H3/t7?,8-/m0/s1. The highest BCUT2D eigenvalue weighted by molar-refractivity contribution is 5.75. The van der Waals surface area contributed by atoms with Gasteiger partial charge < -0.3 is 4.74 Å². The van der Waals surface area contributed by atoms with Crippen molar-refractivity contribution in [1.29, 1.82) is 0 Å². The molecule has 0 aromatic heterocycles. The van der Waals surface area contributed by atoms with Gasteiger partial charge in [0.2, 0.25) is 0 Å². The van der Waals surface area contributed by atoms with Crippen LogP contribution in [0, 0.1) is 11.6 Å². The van der Waals surface area contributed by atoms with Crippen molar-refractivity contribution < 1.29 is 18.3 Å². The van der Waals surface area contributed by atoms with Crippen LogP contribution in [0.25, 0.3) is 0 Å². The summed E-state index contributed by atoms with van der Waals surface area (Å²) in [7, 11) is 1.27. The van der Waals surface area contributed by atoms with E-state index in [4.69, 9.17) is 0 Å². The Morgan fingerprint density at radius 3 is 2.59 bits per heavy atom. The molecule has 0 aliphatic carbocycles. The number of hydrogen-bond acceptors (Lipinski definition) is 3. The van der Waals surface area contributed by atoms with Crippen molar-refractivity contribution in [3.05, 3.63) is 35.4 Å². The number of esters is 1. The van der Waals surface area contributed by atoms with E-state index in [0.29, 0.717) is 0 Å². The molecular formula is C12H15F2NO2. The molecule has 0 aliphatic rings. The van der Waals surface area contributed by atoms with Crippen LogP contribution in [-0.4, -0.2) is 19.1 Å². The first-order chi connectivity index (χ1) is 7.97. The topological polar surface area (TPSA) is 38.3 Å². The van der Waals surface area contributed by atoms with E-state index in [1.54, 1.807) is 13.8 Å². The molecule has 2 atom stereocenters. The lowest BCUT2D eigenvalue weighted by Gasteiger charge is -2.19. The minimum absolute atomic E-state index is 0.181. The van der Waals surface area contributed by atoms with Crippen molar-refractivity contribution >= 4 is 5.97 Å². The van der Waals surface area contributed by atoms with Crippen LogP contribution >= 0.6 is 0 Å². The minimum atomic E-state index is -0.901. The summed E-state index contributed by atoms with van der Waals surface area (Å²) in [5.41, 5.74) is 0.181. The SMILES string of the molecule is COC(=O)[C@H](C)NC(C)c1cccc(F)c1F. The average Bonchev–Trinajstić information content (AvgIpc) is 2.31. The molecule has 0 saturated heterocycles. The smallest absolute Gasteiger partial charge is 0.322 e. The van der Waals surface area contributed by atoms with Crippen LogP contribution in [0.15, 0.2) is 18.2 Å². The van der Waals surface area contributed by atoms with Gasteiger partial charge in [-0.2, -0.15) is 0 Å². The third-order valence-corrected chi connectivity index (χ3v) is 2.50. The van der Waals surface area contributed by atoms with Gasteiger partial charge >= 0.3 is 5.97 Å². The maximum Gasteiger partial charge on any atom is 0.322 e. The molecule has 3 nitrogen and oxygen atoms in total. The lowest BCUT2D eigenvalue weighted by Crippen LogP contribution is -2.36. The number of methoxy groups -OCH3 is 1. The van der Waals surface area contributed by atoms with Crippen LogP contribution in [0.4, 0.5) is 8.78 Å². The maximum absolute atomic E-state index is 13.5. The second-order valence-electron chi connectivity index (χ2n) is 3.78. The predicted octanol–water partition coefficient (Wildman–Crippen LogP) is 2.18. The van der Waals surface area contributed by atoms with Crippen molar-refractivity contribution in [2.24, 2.45) is 0 Å². The van der Waals surface area contributed by atoms with E-state index in [0.717, 1.165) is 6.07 Å². The molecule has 0 radical (unpaired) electrons. The van der Waals surface area contributed by atoms with Gasteiger partial charge in [-0.1, -0.05) is 12.1 Å². The zero-order valence-corrected chi connectivity index (χ0v) is 9.96. The van der Waals surface area contributed by atoms with Gasteiger partial charge in [0.15, 0.2) is 11.6 Å². The number of nitrogens with one attached hydrogen (secondary N) is 1. The molecule has 1 aromatic carbocycles. The van der Waals surface area contributed by atoms with Gasteiger partial charge in [0.1, 0.15) is 6.04 Å². The highest BCUT2D eigenvalue weighted by Crippen LogP contribution is 2.19. The van der Waals surface area contributed by atoms with Crippen LogP contribution in [0.2, 0.25) is 0 Å². The Labute approximate surface area is 98.8 Å². The monoisotopic (exact) mass is 243 g/mol. The molecule has 1 rings (SSSR count). The zero-order valence-electron chi connectivity index (χ0n) is 9.96. The van der Waals surface area contributed by atoms with Crippen molar-refractivity contribution in [1.82, 2.24) is 5.32 Å². The molecule has 0 amide bonds. The molecule has 94 valence electrons. The van der Waals surface area contributed by atoms with Crippen LogP contribution in [-0.2, 0) is 9.53 Å². The number of halogens is 2. The van der Waals surface area contributed by atoms with E-state index in [1.807, 2.05) is 0 Å². The summed E-state index contributed by atoms with van der Waals surface area (Å²) >= 11 is 0. The summed E-state index contributed by atoms with van der Waals surface area (Å²) in [4.78, 5) is 11.2. The van der Waals surface area contributed by atoms with E-state index >= 15 is 0 Å². The Kier molecular flexibility index (Phi) is 4.57. The van der Waals surface area contributed by atoms with Gasteiger partial charge in [-0.05, 0) is 19.9 Å². The van der Waals surface area contributed by atoms with Gasteiger partial charge in [0, 0.05) is 11.6 Å². The Bertz CT molecular complexity index is 409. The maximum atomic E-state index is 13.5. The van der Waals surface area contributed by atoms with Crippen molar-refractivity contribution in [2.45, 2.75) is 25.9 Å². The van der Waals surface area contributed by atoms with E-state index < -0.39 is 29.7 Å². The molecule has 1 aromatic rings. The van der Waals surface area contributed by atoms with Gasteiger partial charge in [-0.25, -0.2) is 8.78 Å². The third kappa shape index (κ3) is 3.23. The van der Waals surface area contributed by atoms with E-state index in [1.165, 1.54) is 19.2 Å². The van der Waals surface area contributed by atoms with Crippen molar-refractivity contribution in [3.8, 4) is 0 Å². The number of carbonyl (C=O) groups is 1. The predicted molar refractivity (Wildman–Crippen MR) is 59.4 cm³/mol. The van der Waals surface area contributed by atoms with Crippen LogP contribution in [0.5, 0.6) is 0 Å². The van der Waals surface area contributed by atoms with Crippen LogP contribution in [0.1, 0.15) is 25.5 Å². The van der Waals surface area contributed by atoms with Crippen LogP contribution < -0.4 is 5.32 Å². The molecule has 0 heterocycles. The average molecular weight is 243 g/mol. The molecule has 0 aliphatic heterocycles. The number of ether oxygens (including phenoxy) is 1. The summed E-state index contributed by atoms with van der Waals surface area (Å²) in [5.74, 6) is -2.25. The zero-order chi connectivity index (χ0) is 13.0. The summed E-state index contributed by atoms with van der Waals surface area (Å²) in [6.07, 6.45) is 0. The van der Waals surface area contributed by atoms with Crippen molar-refractivity contribution in [2.75, 3.05) is 7.11 Å². The lowest BCUT2D eigenvalue weighted by molar-refractivity contribution is -0.142. The van der Waals surface area contributed by atoms with E-state index in [9.17, 15) is 13.6 Å². The van der Waals surface area contributed by atoms with Gasteiger partial charge in [0.25, 0.3) is 0 Å². The molecule has 0 bridgehead atoms. The molecule has 17 heavy (non-hydrogen) atoms. The first-order valence-electron chi connectivity index (χ1n) is 5.25. The number of rotatable bonds is 4. The Hall–Kier alpha value is -1.49. The fourth-order valence-electron chi connectivity index (χ4n) is 1.56. The largest absolute Gasteiger partial charge is 0.468 e. The normalized spacial score (nSPS) is 14.2. The molecule has 1 N–H and O–H groups in total. The van der Waals surface area contributed by atoms with E-state index in [2.05, 4.69) is 10.1 Å². The highest BCUT2D eigenvalue weighted by Gasteiger charge is 2.19. The number of hydrogen-bond donors (Lipinski definition) is 1. The number of benzene rings is 1. The Morgan fingerprint density at radius 2 is 2.00 bits per heavy atom.